The minimum Gasteiger partial charge on any atom is -0.472 e. The fourth-order valence-electron chi connectivity index (χ4n) is 0.863. The number of nitrogens with zero attached hydrogens (tertiary/aromatic N) is 2. The lowest BCUT2D eigenvalue weighted by Crippen LogP contribution is -2.09. The molecule has 0 atom stereocenters. The van der Waals surface area contributed by atoms with Gasteiger partial charge in [0.15, 0.2) is 6.61 Å². The molecule has 1 aromatic heterocycles. The molecule has 0 spiro atoms. The molecule has 3 nitrogen and oxygen atoms in total. The Morgan fingerprint density at radius 3 is 2.71 bits per heavy atom. The molecule has 0 aliphatic carbocycles. The number of alkyl halides is 2. The number of hydrogen-bond donors (Lipinski definition) is 0. The highest BCUT2D eigenvalue weighted by molar-refractivity contribution is 5.10. The summed E-state index contributed by atoms with van der Waals surface area (Å²) in [6.07, 6.45) is -0.976. The number of halogens is 2. The van der Waals surface area contributed by atoms with Crippen LogP contribution >= 0.6 is 0 Å². The zero-order chi connectivity index (χ0) is 10.6. The zero-order valence-corrected chi connectivity index (χ0v) is 8.08. The molecule has 0 aromatic carbocycles. The Morgan fingerprint density at radius 2 is 2.14 bits per heavy atom. The first kappa shape index (κ1) is 10.8. The minimum absolute atomic E-state index is 0.157. The molecule has 1 heterocycles. The first-order valence-electron chi connectivity index (χ1n) is 4.33. The summed E-state index contributed by atoms with van der Waals surface area (Å²) in [7, 11) is 0. The maximum Gasteiger partial charge on any atom is 0.272 e. The molecule has 0 amide bonds. The third-order valence-electron chi connectivity index (χ3n) is 1.52. The molecule has 0 fully saturated rings. The van der Waals surface area contributed by atoms with Crippen molar-refractivity contribution in [3.8, 4) is 5.88 Å². The number of aromatic nitrogens is 2. The molecule has 0 aliphatic heterocycles. The van der Waals surface area contributed by atoms with Crippen molar-refractivity contribution in [3.05, 3.63) is 18.1 Å². The second-order valence-electron chi connectivity index (χ2n) is 3.11. The maximum atomic E-state index is 11.8. The van der Waals surface area contributed by atoms with Crippen molar-refractivity contribution in [3.63, 3.8) is 0 Å². The first-order chi connectivity index (χ1) is 6.59. The van der Waals surface area contributed by atoms with Crippen molar-refractivity contribution < 1.29 is 13.5 Å². The second kappa shape index (κ2) is 4.83. The molecular weight excluding hydrogens is 190 g/mol. The van der Waals surface area contributed by atoms with Gasteiger partial charge in [-0.25, -0.2) is 13.8 Å². The van der Waals surface area contributed by atoms with E-state index in [0.29, 0.717) is 5.82 Å². The summed E-state index contributed by atoms with van der Waals surface area (Å²) in [6.45, 7) is 3.22. The average molecular weight is 202 g/mol. The van der Waals surface area contributed by atoms with E-state index in [4.69, 9.17) is 4.74 Å². The smallest absolute Gasteiger partial charge is 0.272 e. The van der Waals surface area contributed by atoms with Crippen LogP contribution in [-0.2, 0) is 0 Å². The predicted octanol–water partition coefficient (Wildman–Crippen LogP) is 2.24. The SMILES string of the molecule is CC(C)c1nccc(OCC(F)F)n1. The van der Waals surface area contributed by atoms with E-state index in [-0.39, 0.29) is 11.8 Å². The van der Waals surface area contributed by atoms with Crippen LogP contribution < -0.4 is 4.74 Å². The molecule has 0 saturated heterocycles. The van der Waals surface area contributed by atoms with Crippen molar-refractivity contribution in [1.29, 1.82) is 0 Å². The highest BCUT2D eigenvalue weighted by Gasteiger charge is 2.07. The molecule has 14 heavy (non-hydrogen) atoms. The van der Waals surface area contributed by atoms with Gasteiger partial charge < -0.3 is 4.74 Å². The lowest BCUT2D eigenvalue weighted by atomic mass is 10.2. The van der Waals surface area contributed by atoms with Gasteiger partial charge in [-0.3, -0.25) is 0 Å². The van der Waals surface area contributed by atoms with Crippen LogP contribution in [-0.4, -0.2) is 23.0 Å². The Bertz CT molecular complexity index is 292. The van der Waals surface area contributed by atoms with E-state index in [1.54, 1.807) is 0 Å². The zero-order valence-electron chi connectivity index (χ0n) is 8.08. The van der Waals surface area contributed by atoms with Gasteiger partial charge >= 0.3 is 0 Å². The van der Waals surface area contributed by atoms with Crippen LogP contribution in [0.25, 0.3) is 0 Å². The molecule has 0 unspecified atom stereocenters. The van der Waals surface area contributed by atoms with E-state index < -0.39 is 13.0 Å². The fraction of sp³-hybridized carbons (Fsp3) is 0.556. The molecule has 78 valence electrons. The van der Waals surface area contributed by atoms with Crippen molar-refractivity contribution in [2.24, 2.45) is 0 Å². The summed E-state index contributed by atoms with van der Waals surface area (Å²) in [6, 6.07) is 1.47. The largest absolute Gasteiger partial charge is 0.472 e. The van der Waals surface area contributed by atoms with Gasteiger partial charge in [-0.2, -0.15) is 4.98 Å². The summed E-state index contributed by atoms with van der Waals surface area (Å²) < 4.78 is 28.4. The average Bonchev–Trinajstić information content (AvgIpc) is 2.15. The van der Waals surface area contributed by atoms with Gasteiger partial charge in [0, 0.05) is 18.2 Å². The van der Waals surface area contributed by atoms with E-state index in [2.05, 4.69) is 9.97 Å². The lowest BCUT2D eigenvalue weighted by Gasteiger charge is -2.07. The molecule has 0 bridgehead atoms. The van der Waals surface area contributed by atoms with Gasteiger partial charge in [-0.15, -0.1) is 0 Å². The van der Waals surface area contributed by atoms with E-state index in [0.717, 1.165) is 0 Å². The van der Waals surface area contributed by atoms with Gasteiger partial charge in [0.05, 0.1) is 0 Å². The third kappa shape index (κ3) is 3.24. The van der Waals surface area contributed by atoms with Gasteiger partial charge in [-0.1, -0.05) is 13.8 Å². The van der Waals surface area contributed by atoms with Crippen LogP contribution in [0.1, 0.15) is 25.6 Å². The lowest BCUT2D eigenvalue weighted by molar-refractivity contribution is 0.0793. The summed E-state index contributed by atoms with van der Waals surface area (Å²) in [4.78, 5) is 7.96. The van der Waals surface area contributed by atoms with E-state index in [1.165, 1.54) is 12.3 Å². The Kier molecular flexibility index (Phi) is 3.73. The van der Waals surface area contributed by atoms with Gasteiger partial charge in [0.25, 0.3) is 6.43 Å². The van der Waals surface area contributed by atoms with Crippen LogP contribution in [0.4, 0.5) is 8.78 Å². The quantitative estimate of drug-likeness (QED) is 0.751. The summed E-state index contributed by atoms with van der Waals surface area (Å²) in [5.41, 5.74) is 0. The topological polar surface area (TPSA) is 35.0 Å². The maximum absolute atomic E-state index is 11.8. The normalized spacial score (nSPS) is 11.0. The second-order valence-corrected chi connectivity index (χ2v) is 3.11. The minimum atomic E-state index is -2.48. The molecule has 1 rings (SSSR count). The summed E-state index contributed by atoms with van der Waals surface area (Å²) in [5.74, 6) is 0.950. The first-order valence-corrected chi connectivity index (χ1v) is 4.33. The molecule has 0 N–H and O–H groups in total. The molecule has 0 aliphatic rings. The van der Waals surface area contributed by atoms with Crippen molar-refractivity contribution >= 4 is 0 Å². The predicted molar refractivity (Wildman–Crippen MR) is 47.6 cm³/mol. The van der Waals surface area contributed by atoms with Crippen molar-refractivity contribution in [1.82, 2.24) is 9.97 Å². The van der Waals surface area contributed by atoms with Gasteiger partial charge in [-0.05, 0) is 0 Å². The van der Waals surface area contributed by atoms with Crippen molar-refractivity contribution in [2.75, 3.05) is 6.61 Å². The monoisotopic (exact) mass is 202 g/mol. The Labute approximate surface area is 81.1 Å². The van der Waals surface area contributed by atoms with Crippen LogP contribution in [0.5, 0.6) is 5.88 Å². The summed E-state index contributed by atoms with van der Waals surface area (Å²) >= 11 is 0. The Hall–Kier alpha value is -1.26. The van der Waals surface area contributed by atoms with Crippen LogP contribution in [0.3, 0.4) is 0 Å². The highest BCUT2D eigenvalue weighted by atomic mass is 19.3. The van der Waals surface area contributed by atoms with Crippen molar-refractivity contribution in [2.45, 2.75) is 26.2 Å². The Morgan fingerprint density at radius 1 is 1.43 bits per heavy atom. The molecule has 0 radical (unpaired) electrons. The number of ether oxygens (including phenoxy) is 1. The fourth-order valence-corrected chi connectivity index (χ4v) is 0.863. The van der Waals surface area contributed by atoms with Crippen LogP contribution in [0, 0.1) is 0 Å². The standard InChI is InChI=1S/C9H12F2N2O/c1-6(2)9-12-4-3-8(13-9)14-5-7(10)11/h3-4,6-7H,5H2,1-2H3. The number of hydrogen-bond acceptors (Lipinski definition) is 3. The Balaban J connectivity index is 2.64. The van der Waals surface area contributed by atoms with E-state index >= 15 is 0 Å². The summed E-state index contributed by atoms with van der Waals surface area (Å²) in [5, 5.41) is 0. The van der Waals surface area contributed by atoms with E-state index in [1.807, 2.05) is 13.8 Å². The van der Waals surface area contributed by atoms with E-state index in [9.17, 15) is 8.78 Å². The van der Waals surface area contributed by atoms with Gasteiger partial charge in [0.2, 0.25) is 5.88 Å². The highest BCUT2D eigenvalue weighted by Crippen LogP contribution is 2.12. The van der Waals surface area contributed by atoms with Crippen LogP contribution in [0.15, 0.2) is 12.3 Å². The van der Waals surface area contributed by atoms with Crippen LogP contribution in [0.2, 0.25) is 0 Å². The molecule has 0 saturated carbocycles. The van der Waals surface area contributed by atoms with Gasteiger partial charge in [0.1, 0.15) is 5.82 Å². The number of rotatable bonds is 4. The molecular formula is C9H12F2N2O. The third-order valence-corrected chi connectivity index (χ3v) is 1.52. The molecule has 5 heteroatoms. The molecule has 1 aromatic rings.